The molecule has 7 heteroatoms. The maximum Gasteiger partial charge on any atom is 0.276 e. The third-order valence-corrected chi connectivity index (χ3v) is 4.02. The maximum atomic E-state index is 11.2. The van der Waals surface area contributed by atoms with Gasteiger partial charge in [-0.3, -0.25) is 10.1 Å². The number of halogens is 1. The van der Waals surface area contributed by atoms with E-state index in [1.807, 2.05) is 19.1 Å². The first kappa shape index (κ1) is 18.7. The van der Waals surface area contributed by atoms with E-state index in [-0.39, 0.29) is 5.69 Å². The van der Waals surface area contributed by atoms with Crippen molar-refractivity contribution in [3.05, 3.63) is 81.3 Å². The average molecular weight is 430 g/mol. The Morgan fingerprint density at radius 1 is 0.815 bits per heavy atom. The largest absolute Gasteiger partial charge is 0.494 e. The number of hydrogen-bond acceptors (Lipinski definition) is 5. The summed E-state index contributed by atoms with van der Waals surface area (Å²) in [7, 11) is 0. The normalized spacial score (nSPS) is 10.3. The minimum atomic E-state index is -0.487. The van der Waals surface area contributed by atoms with Gasteiger partial charge in [-0.1, -0.05) is 15.9 Å². The quantitative estimate of drug-likeness (QED) is 0.323. The maximum absolute atomic E-state index is 11.2. The molecule has 3 rings (SSSR count). The number of benzene rings is 3. The molecular weight excluding hydrogens is 414 g/mol. The van der Waals surface area contributed by atoms with Gasteiger partial charge in [-0.05, 0) is 55.5 Å². The highest BCUT2D eigenvalue weighted by Gasteiger charge is 2.13. The second-order valence-electron chi connectivity index (χ2n) is 5.48. The van der Waals surface area contributed by atoms with Crippen LogP contribution in [0.3, 0.4) is 0 Å². The molecule has 0 saturated carbocycles. The first-order valence-electron chi connectivity index (χ1n) is 8.17. The second kappa shape index (κ2) is 8.55. The zero-order valence-corrected chi connectivity index (χ0v) is 16.0. The predicted molar refractivity (Wildman–Crippen MR) is 105 cm³/mol. The molecule has 0 aliphatic heterocycles. The smallest absolute Gasteiger partial charge is 0.276 e. The summed E-state index contributed by atoms with van der Waals surface area (Å²) >= 11 is 3.35. The summed E-state index contributed by atoms with van der Waals surface area (Å²) in [5.41, 5.74) is -0.120. The first-order valence-corrected chi connectivity index (χ1v) is 8.96. The molecule has 6 nitrogen and oxygen atoms in total. The van der Waals surface area contributed by atoms with Crippen molar-refractivity contribution < 1.29 is 19.1 Å². The van der Waals surface area contributed by atoms with E-state index in [0.29, 0.717) is 29.6 Å². The minimum Gasteiger partial charge on any atom is -0.494 e. The fourth-order valence-electron chi connectivity index (χ4n) is 2.33. The number of ether oxygens (including phenoxy) is 3. The molecule has 0 amide bonds. The molecule has 3 aromatic rings. The number of hydrogen-bond donors (Lipinski definition) is 0. The van der Waals surface area contributed by atoms with E-state index in [0.717, 1.165) is 10.2 Å². The van der Waals surface area contributed by atoms with Gasteiger partial charge in [-0.2, -0.15) is 0 Å². The highest BCUT2D eigenvalue weighted by Crippen LogP contribution is 2.34. The van der Waals surface area contributed by atoms with Crippen LogP contribution in [0.25, 0.3) is 0 Å². The Balaban J connectivity index is 1.84. The van der Waals surface area contributed by atoms with Crippen LogP contribution in [0.15, 0.2) is 71.2 Å². The second-order valence-corrected chi connectivity index (χ2v) is 6.40. The number of non-ortho nitro benzene ring substituents is 1. The van der Waals surface area contributed by atoms with Crippen LogP contribution >= 0.6 is 15.9 Å². The molecule has 0 N–H and O–H groups in total. The van der Waals surface area contributed by atoms with E-state index in [1.165, 1.54) is 12.1 Å². The molecule has 0 spiro atoms. The van der Waals surface area contributed by atoms with Crippen LogP contribution in [-0.2, 0) is 0 Å². The lowest BCUT2D eigenvalue weighted by atomic mass is 10.2. The molecule has 0 aromatic heterocycles. The SMILES string of the molecule is CCOc1ccc(Oc2cc(Oc3ccc(Br)cc3)cc([N+](=O)[O-])c2)cc1. The van der Waals surface area contributed by atoms with Gasteiger partial charge in [0, 0.05) is 10.5 Å². The first-order chi connectivity index (χ1) is 13.0. The van der Waals surface area contributed by atoms with Crippen molar-refractivity contribution in [2.45, 2.75) is 6.92 Å². The van der Waals surface area contributed by atoms with Gasteiger partial charge in [0.15, 0.2) is 0 Å². The van der Waals surface area contributed by atoms with Crippen LogP contribution in [0.4, 0.5) is 5.69 Å². The van der Waals surface area contributed by atoms with Crippen LogP contribution < -0.4 is 14.2 Å². The lowest BCUT2D eigenvalue weighted by Gasteiger charge is -2.10. The molecular formula is C20H16BrNO5. The van der Waals surface area contributed by atoms with Gasteiger partial charge < -0.3 is 14.2 Å². The molecule has 0 atom stereocenters. The highest BCUT2D eigenvalue weighted by atomic mass is 79.9. The van der Waals surface area contributed by atoms with E-state index >= 15 is 0 Å². The molecule has 0 aliphatic carbocycles. The van der Waals surface area contributed by atoms with Gasteiger partial charge >= 0.3 is 0 Å². The zero-order chi connectivity index (χ0) is 19.2. The molecule has 0 unspecified atom stereocenters. The molecule has 0 bridgehead atoms. The van der Waals surface area contributed by atoms with Crippen molar-refractivity contribution in [1.82, 2.24) is 0 Å². The van der Waals surface area contributed by atoms with Gasteiger partial charge in [0.05, 0.1) is 23.7 Å². The van der Waals surface area contributed by atoms with Crippen molar-refractivity contribution in [2.24, 2.45) is 0 Å². The Hall–Kier alpha value is -3.06. The molecule has 138 valence electrons. The molecule has 0 fully saturated rings. The van der Waals surface area contributed by atoms with Gasteiger partial charge in [-0.25, -0.2) is 0 Å². The molecule has 27 heavy (non-hydrogen) atoms. The number of nitro groups is 1. The summed E-state index contributed by atoms with van der Waals surface area (Å²) in [6.07, 6.45) is 0. The summed E-state index contributed by atoms with van der Waals surface area (Å²) < 4.78 is 17.8. The number of rotatable bonds is 7. The van der Waals surface area contributed by atoms with E-state index in [1.54, 1.807) is 42.5 Å². The van der Waals surface area contributed by atoms with Crippen molar-refractivity contribution in [2.75, 3.05) is 6.61 Å². The molecule has 0 aliphatic rings. The molecule has 0 saturated heterocycles. The standard InChI is InChI=1S/C20H16BrNO5/c1-2-25-16-7-9-18(10-8-16)27-20-12-15(22(23)24)11-19(13-20)26-17-5-3-14(21)4-6-17/h3-13H,2H2,1H3. The van der Waals surface area contributed by atoms with Crippen LogP contribution in [0.2, 0.25) is 0 Å². The summed E-state index contributed by atoms with van der Waals surface area (Å²) in [6, 6.07) is 18.5. The Kier molecular flexibility index (Phi) is 5.93. The summed E-state index contributed by atoms with van der Waals surface area (Å²) in [5.74, 6) is 2.44. The minimum absolute atomic E-state index is 0.120. The van der Waals surface area contributed by atoms with Gasteiger partial charge in [0.2, 0.25) is 0 Å². The summed E-state index contributed by atoms with van der Waals surface area (Å²) in [4.78, 5) is 10.8. The average Bonchev–Trinajstić information content (AvgIpc) is 2.65. The van der Waals surface area contributed by atoms with Crippen molar-refractivity contribution in [3.63, 3.8) is 0 Å². The fourth-order valence-corrected chi connectivity index (χ4v) is 2.59. The van der Waals surface area contributed by atoms with Crippen LogP contribution in [0.5, 0.6) is 28.7 Å². The third kappa shape index (κ3) is 5.21. The zero-order valence-electron chi connectivity index (χ0n) is 14.4. The van der Waals surface area contributed by atoms with Gasteiger partial charge in [0.1, 0.15) is 28.7 Å². The Morgan fingerprint density at radius 2 is 1.30 bits per heavy atom. The Morgan fingerprint density at radius 3 is 1.78 bits per heavy atom. The van der Waals surface area contributed by atoms with Crippen LogP contribution in [0, 0.1) is 10.1 Å². The van der Waals surface area contributed by atoms with Gasteiger partial charge in [0.25, 0.3) is 5.69 Å². The topological polar surface area (TPSA) is 70.8 Å². The molecule has 0 heterocycles. The summed E-state index contributed by atoms with van der Waals surface area (Å²) in [6.45, 7) is 2.47. The fraction of sp³-hybridized carbons (Fsp3) is 0.100. The monoisotopic (exact) mass is 429 g/mol. The van der Waals surface area contributed by atoms with E-state index in [9.17, 15) is 10.1 Å². The number of nitrogens with zero attached hydrogens (tertiary/aromatic N) is 1. The summed E-state index contributed by atoms with van der Waals surface area (Å²) in [5, 5.41) is 11.2. The molecule has 0 radical (unpaired) electrons. The predicted octanol–water partition coefficient (Wildman–Crippen LogP) is 6.34. The number of nitro benzene ring substituents is 1. The van der Waals surface area contributed by atoms with E-state index in [2.05, 4.69) is 15.9 Å². The van der Waals surface area contributed by atoms with Crippen molar-refractivity contribution >= 4 is 21.6 Å². The van der Waals surface area contributed by atoms with Crippen molar-refractivity contribution in [1.29, 1.82) is 0 Å². The van der Waals surface area contributed by atoms with Crippen molar-refractivity contribution in [3.8, 4) is 28.7 Å². The third-order valence-electron chi connectivity index (χ3n) is 3.50. The van der Waals surface area contributed by atoms with Crippen LogP contribution in [-0.4, -0.2) is 11.5 Å². The Labute approximate surface area is 164 Å². The molecule has 3 aromatic carbocycles. The highest BCUT2D eigenvalue weighted by molar-refractivity contribution is 9.10. The van der Waals surface area contributed by atoms with Crippen LogP contribution in [0.1, 0.15) is 6.92 Å². The lowest BCUT2D eigenvalue weighted by Crippen LogP contribution is -1.93. The van der Waals surface area contributed by atoms with Gasteiger partial charge in [-0.15, -0.1) is 0 Å². The van der Waals surface area contributed by atoms with E-state index < -0.39 is 4.92 Å². The Bertz CT molecular complexity index is 926. The lowest BCUT2D eigenvalue weighted by molar-refractivity contribution is -0.385. The van der Waals surface area contributed by atoms with E-state index in [4.69, 9.17) is 14.2 Å².